The number of tetrazole rings is 1. The molecule has 0 aliphatic carbocycles. The van der Waals surface area contributed by atoms with Crippen LogP contribution in [0.25, 0.3) is 10.9 Å². The van der Waals surface area contributed by atoms with Crippen LogP contribution in [0.15, 0.2) is 23.0 Å². The van der Waals surface area contributed by atoms with Crippen molar-refractivity contribution in [3.63, 3.8) is 0 Å². The molecule has 1 atom stereocenters. The maximum atomic E-state index is 13.3. The van der Waals surface area contributed by atoms with Crippen molar-refractivity contribution in [2.45, 2.75) is 32.4 Å². The van der Waals surface area contributed by atoms with Gasteiger partial charge in [-0.15, -0.1) is 5.10 Å². The number of hydrogen-bond acceptors (Lipinski definition) is 8. The van der Waals surface area contributed by atoms with Gasteiger partial charge in [0, 0.05) is 43.2 Å². The van der Waals surface area contributed by atoms with Gasteiger partial charge < -0.3 is 19.4 Å². The van der Waals surface area contributed by atoms with Crippen molar-refractivity contribution in [1.82, 2.24) is 35.0 Å². The smallest absolute Gasteiger partial charge is 0.253 e. The maximum Gasteiger partial charge on any atom is 0.253 e. The number of methoxy groups -OCH3 is 2. The van der Waals surface area contributed by atoms with E-state index >= 15 is 0 Å². The zero-order valence-electron chi connectivity index (χ0n) is 19.5. The predicted octanol–water partition coefficient (Wildman–Crippen LogP) is 1.62. The Morgan fingerprint density at radius 3 is 2.31 bits per heavy atom. The first-order valence-electron chi connectivity index (χ1n) is 10.7. The van der Waals surface area contributed by atoms with E-state index in [9.17, 15) is 4.79 Å². The van der Waals surface area contributed by atoms with E-state index < -0.39 is 0 Å². The topological polar surface area (TPSA) is 101 Å². The van der Waals surface area contributed by atoms with Crippen molar-refractivity contribution in [2.24, 2.45) is 0 Å². The van der Waals surface area contributed by atoms with E-state index in [-0.39, 0.29) is 17.1 Å². The Bertz CT molecular complexity index is 1160. The Morgan fingerprint density at radius 2 is 1.69 bits per heavy atom. The molecule has 1 aliphatic rings. The molecule has 1 fully saturated rings. The molecular weight excluding hydrogens is 410 g/mol. The van der Waals surface area contributed by atoms with Gasteiger partial charge in [0.2, 0.25) is 0 Å². The van der Waals surface area contributed by atoms with Crippen molar-refractivity contribution in [3.05, 3.63) is 39.9 Å². The summed E-state index contributed by atoms with van der Waals surface area (Å²) in [6.07, 6.45) is 0. The second-order valence-electron chi connectivity index (χ2n) is 9.21. The van der Waals surface area contributed by atoms with Crippen LogP contribution in [0.5, 0.6) is 11.5 Å². The fourth-order valence-electron chi connectivity index (χ4n) is 4.17. The largest absolute Gasteiger partial charge is 0.493 e. The van der Waals surface area contributed by atoms with Gasteiger partial charge in [0.25, 0.3) is 5.56 Å². The van der Waals surface area contributed by atoms with Crippen LogP contribution in [-0.2, 0) is 5.54 Å². The van der Waals surface area contributed by atoms with E-state index in [1.54, 1.807) is 20.3 Å². The van der Waals surface area contributed by atoms with E-state index in [0.29, 0.717) is 28.4 Å². The van der Waals surface area contributed by atoms with Crippen molar-refractivity contribution >= 4 is 10.9 Å². The third kappa shape index (κ3) is 4.07. The molecule has 0 spiro atoms. The average molecular weight is 442 g/mol. The van der Waals surface area contributed by atoms with Gasteiger partial charge in [-0.25, -0.2) is 4.68 Å². The fraction of sp³-hybridized carbons (Fsp3) is 0.545. The van der Waals surface area contributed by atoms with Crippen LogP contribution in [0, 0.1) is 0 Å². The number of pyridine rings is 1. The van der Waals surface area contributed by atoms with Crippen LogP contribution in [0.3, 0.4) is 0 Å². The molecule has 1 N–H and O–H groups in total. The molecule has 32 heavy (non-hydrogen) atoms. The number of piperazine rings is 1. The normalized spacial score (nSPS) is 16.9. The first-order chi connectivity index (χ1) is 15.2. The highest BCUT2D eigenvalue weighted by Crippen LogP contribution is 2.34. The molecule has 1 unspecified atom stereocenters. The standard InChI is InChI=1S/C22H31N7O3/c1-22(2,3)29-20(24-25-26-29)19(28-9-7-27(4)8-10-28)15-11-14-12-17(31-5)18(32-6)13-16(14)23-21(15)30/h11-13,19H,7-10H2,1-6H3,(H,23,30). The van der Waals surface area contributed by atoms with Crippen LogP contribution in [0.4, 0.5) is 0 Å². The van der Waals surface area contributed by atoms with E-state index in [0.717, 1.165) is 31.6 Å². The number of nitrogens with one attached hydrogen (secondary N) is 1. The lowest BCUT2D eigenvalue weighted by Gasteiger charge is -2.38. The maximum absolute atomic E-state index is 13.3. The van der Waals surface area contributed by atoms with E-state index in [1.165, 1.54) is 0 Å². The van der Waals surface area contributed by atoms with Crippen LogP contribution in [-0.4, -0.2) is 82.4 Å². The molecule has 0 bridgehead atoms. The van der Waals surface area contributed by atoms with Gasteiger partial charge in [0.05, 0.1) is 25.3 Å². The molecule has 1 aromatic carbocycles. The van der Waals surface area contributed by atoms with E-state index in [2.05, 4.69) is 58.1 Å². The Labute approximate surface area is 187 Å². The molecule has 0 amide bonds. The Kier molecular flexibility index (Phi) is 5.91. The highest BCUT2D eigenvalue weighted by Gasteiger charge is 2.34. The molecular formula is C22H31N7O3. The Hall–Kier alpha value is -2.98. The lowest BCUT2D eigenvalue weighted by molar-refractivity contribution is 0.118. The van der Waals surface area contributed by atoms with Crippen molar-refractivity contribution in [2.75, 3.05) is 47.4 Å². The summed E-state index contributed by atoms with van der Waals surface area (Å²) < 4.78 is 12.7. The van der Waals surface area contributed by atoms with E-state index in [1.807, 2.05) is 16.8 Å². The fourth-order valence-corrected chi connectivity index (χ4v) is 4.17. The van der Waals surface area contributed by atoms with Crippen LogP contribution in [0.1, 0.15) is 38.2 Å². The molecule has 1 aliphatic heterocycles. The van der Waals surface area contributed by atoms with Crippen molar-refractivity contribution in [1.29, 1.82) is 0 Å². The third-order valence-electron chi connectivity index (χ3n) is 5.95. The molecule has 0 saturated carbocycles. The number of aromatic amines is 1. The number of benzene rings is 1. The third-order valence-corrected chi connectivity index (χ3v) is 5.95. The second-order valence-corrected chi connectivity index (χ2v) is 9.21. The predicted molar refractivity (Wildman–Crippen MR) is 121 cm³/mol. The number of H-pyrrole nitrogens is 1. The summed E-state index contributed by atoms with van der Waals surface area (Å²) in [6, 6.07) is 5.20. The minimum Gasteiger partial charge on any atom is -0.493 e. The summed E-state index contributed by atoms with van der Waals surface area (Å²) in [5.41, 5.74) is 0.791. The van der Waals surface area contributed by atoms with Gasteiger partial charge >= 0.3 is 0 Å². The SMILES string of the molecule is COc1cc2cc(C(c3nnnn3C(C)(C)C)N3CCN(C)CC3)c(=O)[nH]c2cc1OC. The highest BCUT2D eigenvalue weighted by atomic mass is 16.5. The summed E-state index contributed by atoms with van der Waals surface area (Å²) in [6.45, 7) is 9.58. The minimum atomic E-state index is -0.376. The molecule has 2 aromatic heterocycles. The van der Waals surface area contributed by atoms with Gasteiger partial charge in [-0.2, -0.15) is 0 Å². The average Bonchev–Trinajstić information content (AvgIpc) is 3.25. The van der Waals surface area contributed by atoms with Gasteiger partial charge in [0.15, 0.2) is 17.3 Å². The molecule has 0 radical (unpaired) electrons. The lowest BCUT2D eigenvalue weighted by Crippen LogP contribution is -2.48. The number of aromatic nitrogens is 5. The zero-order valence-corrected chi connectivity index (χ0v) is 19.5. The molecule has 4 rings (SSSR count). The molecule has 3 aromatic rings. The van der Waals surface area contributed by atoms with Crippen molar-refractivity contribution in [3.8, 4) is 11.5 Å². The molecule has 10 heteroatoms. The van der Waals surface area contributed by atoms with Crippen molar-refractivity contribution < 1.29 is 9.47 Å². The monoisotopic (exact) mass is 441 g/mol. The summed E-state index contributed by atoms with van der Waals surface area (Å²) in [7, 11) is 5.28. The number of likely N-dealkylation sites (N-methyl/N-ethyl adjacent to an activating group) is 1. The van der Waals surface area contributed by atoms with Gasteiger partial charge in [0.1, 0.15) is 6.04 Å². The minimum absolute atomic E-state index is 0.169. The van der Waals surface area contributed by atoms with Crippen LogP contribution >= 0.6 is 0 Å². The lowest BCUT2D eigenvalue weighted by atomic mass is 10.0. The van der Waals surface area contributed by atoms with Crippen LogP contribution < -0.4 is 15.0 Å². The Balaban J connectivity index is 1.90. The summed E-state index contributed by atoms with van der Waals surface area (Å²) in [5, 5.41) is 13.5. The molecule has 10 nitrogen and oxygen atoms in total. The van der Waals surface area contributed by atoms with Crippen LogP contribution in [0.2, 0.25) is 0 Å². The quantitative estimate of drug-likeness (QED) is 0.638. The van der Waals surface area contributed by atoms with Gasteiger partial charge in [-0.05, 0) is 50.4 Å². The van der Waals surface area contributed by atoms with Gasteiger partial charge in [-0.3, -0.25) is 9.69 Å². The van der Waals surface area contributed by atoms with Gasteiger partial charge in [-0.1, -0.05) is 0 Å². The molecule has 1 saturated heterocycles. The summed E-state index contributed by atoms with van der Waals surface area (Å²) >= 11 is 0. The number of hydrogen-bond donors (Lipinski definition) is 1. The number of nitrogens with zero attached hydrogens (tertiary/aromatic N) is 6. The number of ether oxygens (including phenoxy) is 2. The summed E-state index contributed by atoms with van der Waals surface area (Å²) in [4.78, 5) is 20.9. The molecule has 3 heterocycles. The second kappa shape index (κ2) is 8.51. The zero-order chi connectivity index (χ0) is 23.0. The first-order valence-corrected chi connectivity index (χ1v) is 10.7. The highest BCUT2D eigenvalue weighted by molar-refractivity contribution is 5.83. The van der Waals surface area contributed by atoms with E-state index in [4.69, 9.17) is 9.47 Å². The number of fused-ring (bicyclic) bond motifs is 1. The number of rotatable bonds is 5. The summed E-state index contributed by atoms with van der Waals surface area (Å²) in [5.74, 6) is 1.83. The first kappa shape index (κ1) is 22.2. The molecule has 172 valence electrons. The Morgan fingerprint density at radius 1 is 1.03 bits per heavy atom.